The Balaban J connectivity index is 2.18. The minimum Gasteiger partial charge on any atom is -0.325 e. The molecule has 1 aliphatic carbocycles. The van der Waals surface area contributed by atoms with Crippen LogP contribution in [0.1, 0.15) is 38.6 Å². The molecule has 3 unspecified atom stereocenters. The third-order valence-corrected chi connectivity index (χ3v) is 5.79. The van der Waals surface area contributed by atoms with Crippen LogP contribution in [-0.2, 0) is 6.42 Å². The van der Waals surface area contributed by atoms with Gasteiger partial charge in [0.2, 0.25) is 0 Å². The number of aryl methyl sites for hydroxylation is 1. The van der Waals surface area contributed by atoms with Crippen LogP contribution in [0.25, 0.3) is 11.0 Å². The molecule has 0 saturated heterocycles. The molecule has 2 aromatic rings. The molecule has 1 aromatic carbocycles. The molecular formula is C16H19Cl3N2. The van der Waals surface area contributed by atoms with Crippen molar-refractivity contribution in [1.29, 1.82) is 0 Å². The number of imidazole rings is 1. The normalized spacial score (nSPS) is 25.9. The second kappa shape index (κ2) is 5.98. The van der Waals surface area contributed by atoms with Gasteiger partial charge in [-0.25, -0.2) is 4.98 Å². The molecule has 1 saturated carbocycles. The van der Waals surface area contributed by atoms with Crippen LogP contribution in [-0.4, -0.2) is 15.4 Å². The van der Waals surface area contributed by atoms with Crippen LogP contribution < -0.4 is 0 Å². The van der Waals surface area contributed by atoms with Gasteiger partial charge in [0.25, 0.3) is 0 Å². The molecule has 1 fully saturated rings. The van der Waals surface area contributed by atoms with Gasteiger partial charge < -0.3 is 4.57 Å². The van der Waals surface area contributed by atoms with Crippen LogP contribution in [0, 0.1) is 11.8 Å². The van der Waals surface area contributed by atoms with E-state index in [9.17, 15) is 0 Å². The fraction of sp³-hybridized carbons (Fsp3) is 0.562. The Hall–Kier alpha value is -0.440. The number of hydrogen-bond acceptors (Lipinski definition) is 1. The highest BCUT2D eigenvalue weighted by Gasteiger charge is 2.33. The first kappa shape index (κ1) is 15.5. The van der Waals surface area contributed by atoms with Gasteiger partial charge in [0.1, 0.15) is 5.82 Å². The lowest BCUT2D eigenvalue weighted by atomic mass is 9.97. The van der Waals surface area contributed by atoms with Gasteiger partial charge in [-0.05, 0) is 36.8 Å². The fourth-order valence-corrected chi connectivity index (χ4v) is 3.96. The second-order valence-corrected chi connectivity index (χ2v) is 7.27. The summed E-state index contributed by atoms with van der Waals surface area (Å²) in [5.74, 6) is 2.98. The van der Waals surface area contributed by atoms with E-state index in [-0.39, 0.29) is 0 Å². The van der Waals surface area contributed by atoms with E-state index in [0.717, 1.165) is 29.2 Å². The van der Waals surface area contributed by atoms with Crippen molar-refractivity contribution < 1.29 is 0 Å². The number of hydrogen-bond donors (Lipinski definition) is 0. The van der Waals surface area contributed by atoms with Crippen LogP contribution in [0.2, 0.25) is 10.0 Å². The maximum atomic E-state index is 6.22. The van der Waals surface area contributed by atoms with Gasteiger partial charge in [-0.3, -0.25) is 0 Å². The monoisotopic (exact) mass is 344 g/mol. The first-order chi connectivity index (χ1) is 10.0. The summed E-state index contributed by atoms with van der Waals surface area (Å²) >= 11 is 18.3. The Morgan fingerprint density at radius 2 is 1.90 bits per heavy atom. The van der Waals surface area contributed by atoms with E-state index < -0.39 is 0 Å². The fourth-order valence-electron chi connectivity index (χ4n) is 3.47. The number of nitrogens with zero attached hydrogens (tertiary/aromatic N) is 2. The zero-order chi connectivity index (χ0) is 15.1. The van der Waals surface area contributed by atoms with E-state index in [1.165, 1.54) is 12.8 Å². The van der Waals surface area contributed by atoms with Crippen molar-refractivity contribution in [2.75, 3.05) is 5.88 Å². The molecule has 114 valence electrons. The number of rotatable bonds is 3. The number of alkyl halides is 1. The van der Waals surface area contributed by atoms with Gasteiger partial charge in [0.15, 0.2) is 0 Å². The average Bonchev–Trinajstić information content (AvgIpc) is 2.93. The number of aromatic nitrogens is 2. The average molecular weight is 346 g/mol. The van der Waals surface area contributed by atoms with Crippen LogP contribution >= 0.6 is 34.8 Å². The molecule has 3 rings (SSSR count). The molecule has 21 heavy (non-hydrogen) atoms. The van der Waals surface area contributed by atoms with E-state index in [1.807, 2.05) is 12.1 Å². The predicted molar refractivity (Wildman–Crippen MR) is 90.8 cm³/mol. The Bertz CT molecular complexity index is 665. The summed E-state index contributed by atoms with van der Waals surface area (Å²) in [6.45, 7) is 4.66. The summed E-state index contributed by atoms with van der Waals surface area (Å²) in [5, 5.41) is 1.14. The summed E-state index contributed by atoms with van der Waals surface area (Å²) < 4.78 is 2.36. The standard InChI is InChI=1S/C16H19Cl3N2/c1-9-3-4-14(10(9)2)21-15-8-12(19)11(18)7-13(15)20-16(21)5-6-17/h7-10,14H,3-6H2,1-2H3. The lowest BCUT2D eigenvalue weighted by Crippen LogP contribution is -2.17. The molecule has 1 aliphatic rings. The van der Waals surface area contributed by atoms with Gasteiger partial charge in [0, 0.05) is 18.3 Å². The highest BCUT2D eigenvalue weighted by molar-refractivity contribution is 6.42. The molecule has 0 bridgehead atoms. The van der Waals surface area contributed by atoms with Crippen molar-refractivity contribution >= 4 is 45.8 Å². The first-order valence-electron chi connectivity index (χ1n) is 7.44. The summed E-state index contributed by atoms with van der Waals surface area (Å²) in [5.41, 5.74) is 1.99. The highest BCUT2D eigenvalue weighted by atomic mass is 35.5. The summed E-state index contributed by atoms with van der Waals surface area (Å²) in [4.78, 5) is 4.74. The zero-order valence-corrected chi connectivity index (χ0v) is 14.5. The van der Waals surface area contributed by atoms with Gasteiger partial charge in [-0.2, -0.15) is 0 Å². The Morgan fingerprint density at radius 3 is 2.52 bits per heavy atom. The van der Waals surface area contributed by atoms with Crippen molar-refractivity contribution in [1.82, 2.24) is 9.55 Å². The third-order valence-electron chi connectivity index (χ3n) is 4.88. The number of fused-ring (bicyclic) bond motifs is 1. The third kappa shape index (κ3) is 2.67. The van der Waals surface area contributed by atoms with E-state index in [1.54, 1.807) is 0 Å². The van der Waals surface area contributed by atoms with Crippen molar-refractivity contribution in [2.24, 2.45) is 11.8 Å². The molecular weight excluding hydrogens is 327 g/mol. The van der Waals surface area contributed by atoms with Crippen LogP contribution in [0.5, 0.6) is 0 Å². The van der Waals surface area contributed by atoms with E-state index in [4.69, 9.17) is 39.8 Å². The molecule has 0 N–H and O–H groups in total. The van der Waals surface area contributed by atoms with Gasteiger partial charge in [-0.1, -0.05) is 37.0 Å². The van der Waals surface area contributed by atoms with Crippen LogP contribution in [0.4, 0.5) is 0 Å². The number of halogens is 3. The SMILES string of the molecule is CC1CCC(n2c(CCCl)nc3cc(Cl)c(Cl)cc32)C1C. The molecule has 0 spiro atoms. The molecule has 2 nitrogen and oxygen atoms in total. The molecule has 1 aromatic heterocycles. The summed E-state index contributed by atoms with van der Waals surface area (Å²) in [6, 6.07) is 4.27. The maximum absolute atomic E-state index is 6.22. The van der Waals surface area contributed by atoms with Crippen LogP contribution in [0.3, 0.4) is 0 Å². The van der Waals surface area contributed by atoms with Crippen LogP contribution in [0.15, 0.2) is 12.1 Å². The molecule has 1 heterocycles. The quantitative estimate of drug-likeness (QED) is 0.649. The smallest absolute Gasteiger partial charge is 0.111 e. The maximum Gasteiger partial charge on any atom is 0.111 e. The van der Waals surface area contributed by atoms with Gasteiger partial charge in [0.05, 0.1) is 21.1 Å². The van der Waals surface area contributed by atoms with Crippen molar-refractivity contribution in [3.63, 3.8) is 0 Å². The van der Waals surface area contributed by atoms with E-state index in [0.29, 0.717) is 27.9 Å². The van der Waals surface area contributed by atoms with E-state index in [2.05, 4.69) is 18.4 Å². The van der Waals surface area contributed by atoms with Crippen molar-refractivity contribution in [3.05, 3.63) is 28.0 Å². The Morgan fingerprint density at radius 1 is 1.19 bits per heavy atom. The zero-order valence-electron chi connectivity index (χ0n) is 12.2. The van der Waals surface area contributed by atoms with E-state index >= 15 is 0 Å². The number of benzene rings is 1. The molecule has 0 aliphatic heterocycles. The van der Waals surface area contributed by atoms with Crippen molar-refractivity contribution in [3.8, 4) is 0 Å². The first-order valence-corrected chi connectivity index (χ1v) is 8.73. The Kier molecular flexibility index (Phi) is 4.40. The second-order valence-electron chi connectivity index (χ2n) is 6.07. The lowest BCUT2D eigenvalue weighted by molar-refractivity contribution is 0.352. The van der Waals surface area contributed by atoms with Gasteiger partial charge >= 0.3 is 0 Å². The molecule has 0 amide bonds. The topological polar surface area (TPSA) is 17.8 Å². The molecule has 5 heteroatoms. The summed E-state index contributed by atoms with van der Waals surface area (Å²) in [7, 11) is 0. The Labute approximate surface area is 140 Å². The summed E-state index contributed by atoms with van der Waals surface area (Å²) in [6.07, 6.45) is 3.21. The molecule has 3 atom stereocenters. The highest BCUT2D eigenvalue weighted by Crippen LogP contribution is 2.42. The van der Waals surface area contributed by atoms with Gasteiger partial charge in [-0.15, -0.1) is 11.6 Å². The predicted octanol–water partition coefficient (Wildman–Crippen LogP) is 5.73. The minimum absolute atomic E-state index is 0.473. The molecule has 0 radical (unpaired) electrons. The minimum atomic E-state index is 0.473. The largest absolute Gasteiger partial charge is 0.325 e. The van der Waals surface area contributed by atoms with Crippen molar-refractivity contribution in [2.45, 2.75) is 39.2 Å². The lowest BCUT2D eigenvalue weighted by Gasteiger charge is -2.23.